The van der Waals surface area contributed by atoms with Crippen molar-refractivity contribution in [3.05, 3.63) is 58.5 Å². The Bertz CT molecular complexity index is 1200. The highest BCUT2D eigenvalue weighted by molar-refractivity contribution is 5.93. The molecule has 0 saturated carbocycles. The van der Waals surface area contributed by atoms with Crippen LogP contribution in [0.3, 0.4) is 0 Å². The molecule has 8 heteroatoms. The molecule has 1 aliphatic carbocycles. The Balaban J connectivity index is 1.67. The Morgan fingerprint density at radius 2 is 1.94 bits per heavy atom. The third-order valence-corrected chi connectivity index (χ3v) is 6.40. The van der Waals surface area contributed by atoms with Gasteiger partial charge in [-0.15, -0.1) is 0 Å². The highest BCUT2D eigenvalue weighted by Crippen LogP contribution is 2.43. The summed E-state index contributed by atoms with van der Waals surface area (Å²) in [7, 11) is 3.36. The Morgan fingerprint density at radius 1 is 1.12 bits per heavy atom. The number of anilines is 2. The fourth-order valence-electron chi connectivity index (χ4n) is 4.89. The standard InChI is InChI=1S/C24H25F2N5O/c1-27-24(32)20-10-14-5-3-7-17(14)23(29-20)31-8-4-6-15-9-18(16-12-28-30(2)13-16)19(22(25)26)11-21(15)31/h9-13,22H,3-8H2,1-2H3,(H,27,32). The predicted octanol–water partition coefficient (Wildman–Crippen LogP) is 4.35. The van der Waals surface area contributed by atoms with Crippen LogP contribution in [-0.4, -0.2) is 34.3 Å². The second-order valence-corrected chi connectivity index (χ2v) is 8.43. The van der Waals surface area contributed by atoms with Crippen molar-refractivity contribution >= 4 is 17.4 Å². The van der Waals surface area contributed by atoms with Crippen LogP contribution >= 0.6 is 0 Å². The van der Waals surface area contributed by atoms with Crippen molar-refractivity contribution in [2.75, 3.05) is 18.5 Å². The lowest BCUT2D eigenvalue weighted by Gasteiger charge is -2.33. The van der Waals surface area contributed by atoms with Crippen LogP contribution in [-0.2, 0) is 26.3 Å². The van der Waals surface area contributed by atoms with Gasteiger partial charge in [0.1, 0.15) is 11.5 Å². The molecule has 1 aromatic carbocycles. The fourth-order valence-corrected chi connectivity index (χ4v) is 4.89. The van der Waals surface area contributed by atoms with E-state index in [1.807, 2.05) is 17.0 Å². The van der Waals surface area contributed by atoms with Gasteiger partial charge in [0, 0.05) is 43.7 Å². The molecule has 1 N–H and O–H groups in total. The number of pyridine rings is 1. The number of nitrogens with zero attached hydrogens (tertiary/aromatic N) is 4. The van der Waals surface area contributed by atoms with Crippen molar-refractivity contribution in [2.24, 2.45) is 7.05 Å². The number of alkyl halides is 2. The number of carbonyl (C=O) groups is 1. The SMILES string of the molecule is CNC(=O)c1cc2c(c(N3CCCc4cc(-c5cnn(C)c5)c(C(F)F)cc43)n1)CCC2. The molecule has 0 spiro atoms. The van der Waals surface area contributed by atoms with E-state index in [1.165, 1.54) is 0 Å². The summed E-state index contributed by atoms with van der Waals surface area (Å²) in [6, 6.07) is 5.35. The lowest BCUT2D eigenvalue weighted by molar-refractivity contribution is 0.0958. The number of hydrogen-bond acceptors (Lipinski definition) is 4. The zero-order chi connectivity index (χ0) is 22.4. The van der Waals surface area contributed by atoms with Gasteiger partial charge in [-0.25, -0.2) is 13.8 Å². The average Bonchev–Trinajstić information content (AvgIpc) is 3.45. The molecule has 32 heavy (non-hydrogen) atoms. The second-order valence-electron chi connectivity index (χ2n) is 8.43. The van der Waals surface area contributed by atoms with Gasteiger partial charge in [-0.05, 0) is 72.6 Å². The quantitative estimate of drug-likeness (QED) is 0.659. The number of aryl methyl sites for hydroxylation is 3. The molecule has 2 aliphatic rings. The molecule has 2 aromatic heterocycles. The maximum absolute atomic E-state index is 14.1. The first kappa shape index (κ1) is 20.6. The highest BCUT2D eigenvalue weighted by atomic mass is 19.3. The summed E-state index contributed by atoms with van der Waals surface area (Å²) in [6.07, 6.45) is 5.24. The second kappa shape index (κ2) is 8.00. The van der Waals surface area contributed by atoms with Crippen LogP contribution in [0.2, 0.25) is 0 Å². The molecule has 1 aliphatic heterocycles. The van der Waals surface area contributed by atoms with Crippen molar-refractivity contribution in [1.82, 2.24) is 20.1 Å². The van der Waals surface area contributed by atoms with Crippen LogP contribution in [0, 0.1) is 0 Å². The minimum atomic E-state index is -2.62. The Hall–Kier alpha value is -3.29. The molecule has 0 atom stereocenters. The zero-order valence-corrected chi connectivity index (χ0v) is 18.2. The molecular formula is C24H25F2N5O. The summed E-state index contributed by atoms with van der Waals surface area (Å²) >= 11 is 0. The molecule has 1 amide bonds. The third kappa shape index (κ3) is 3.43. The smallest absolute Gasteiger partial charge is 0.269 e. The van der Waals surface area contributed by atoms with Gasteiger partial charge < -0.3 is 10.2 Å². The van der Waals surface area contributed by atoms with Crippen LogP contribution < -0.4 is 10.2 Å². The Labute approximate surface area is 185 Å². The van der Waals surface area contributed by atoms with E-state index in [0.717, 1.165) is 60.3 Å². The number of nitrogens with one attached hydrogen (secondary N) is 1. The van der Waals surface area contributed by atoms with E-state index in [0.29, 0.717) is 23.4 Å². The zero-order valence-electron chi connectivity index (χ0n) is 18.2. The first-order chi connectivity index (χ1) is 15.5. The van der Waals surface area contributed by atoms with Crippen molar-refractivity contribution < 1.29 is 13.6 Å². The molecule has 5 rings (SSSR count). The number of amides is 1. The number of benzene rings is 1. The third-order valence-electron chi connectivity index (χ3n) is 6.40. The normalized spacial score (nSPS) is 15.1. The lowest BCUT2D eigenvalue weighted by Crippen LogP contribution is -2.28. The van der Waals surface area contributed by atoms with E-state index in [4.69, 9.17) is 4.98 Å². The van der Waals surface area contributed by atoms with Gasteiger partial charge in [0.15, 0.2) is 0 Å². The first-order valence-corrected chi connectivity index (χ1v) is 10.9. The fraction of sp³-hybridized carbons (Fsp3) is 0.375. The minimum Gasteiger partial charge on any atom is -0.354 e. The van der Waals surface area contributed by atoms with Crippen molar-refractivity contribution in [3.63, 3.8) is 0 Å². The Kier molecular flexibility index (Phi) is 5.15. The van der Waals surface area contributed by atoms with Gasteiger partial charge in [-0.1, -0.05) is 0 Å². The number of carbonyl (C=O) groups excluding carboxylic acids is 1. The average molecular weight is 437 g/mol. The number of aromatic nitrogens is 3. The molecule has 0 unspecified atom stereocenters. The van der Waals surface area contributed by atoms with Crippen molar-refractivity contribution in [1.29, 1.82) is 0 Å². The topological polar surface area (TPSA) is 63.1 Å². The summed E-state index contributed by atoms with van der Waals surface area (Å²) in [5.41, 5.74) is 5.59. The van der Waals surface area contributed by atoms with E-state index in [1.54, 1.807) is 37.2 Å². The van der Waals surface area contributed by atoms with Gasteiger partial charge in [-0.3, -0.25) is 9.48 Å². The summed E-state index contributed by atoms with van der Waals surface area (Å²) in [6.45, 7) is 0.679. The number of fused-ring (bicyclic) bond motifs is 2. The maximum atomic E-state index is 14.1. The summed E-state index contributed by atoms with van der Waals surface area (Å²) < 4.78 is 29.9. The van der Waals surface area contributed by atoms with Crippen LogP contribution in [0.15, 0.2) is 30.6 Å². The molecule has 0 fully saturated rings. The predicted molar refractivity (Wildman–Crippen MR) is 119 cm³/mol. The van der Waals surface area contributed by atoms with E-state index < -0.39 is 6.43 Å². The van der Waals surface area contributed by atoms with E-state index in [9.17, 15) is 13.6 Å². The number of rotatable bonds is 4. The largest absolute Gasteiger partial charge is 0.354 e. The maximum Gasteiger partial charge on any atom is 0.269 e. The molecule has 6 nitrogen and oxygen atoms in total. The summed E-state index contributed by atoms with van der Waals surface area (Å²) in [5, 5.41) is 6.80. The number of hydrogen-bond donors (Lipinski definition) is 1. The van der Waals surface area contributed by atoms with Crippen LogP contribution in [0.4, 0.5) is 20.3 Å². The van der Waals surface area contributed by atoms with Gasteiger partial charge >= 0.3 is 0 Å². The highest BCUT2D eigenvalue weighted by Gasteiger charge is 2.29. The summed E-state index contributed by atoms with van der Waals surface area (Å²) in [5.74, 6) is 0.493. The lowest BCUT2D eigenvalue weighted by atomic mass is 9.92. The molecule has 0 saturated heterocycles. The van der Waals surface area contributed by atoms with Crippen LogP contribution in [0.25, 0.3) is 11.1 Å². The van der Waals surface area contributed by atoms with Crippen molar-refractivity contribution in [3.8, 4) is 11.1 Å². The van der Waals surface area contributed by atoms with E-state index >= 15 is 0 Å². The van der Waals surface area contributed by atoms with Crippen LogP contribution in [0.5, 0.6) is 0 Å². The molecule has 166 valence electrons. The molecule has 3 aromatic rings. The number of halogens is 2. The van der Waals surface area contributed by atoms with Crippen molar-refractivity contribution in [2.45, 2.75) is 38.5 Å². The van der Waals surface area contributed by atoms with Gasteiger partial charge in [0.05, 0.1) is 6.20 Å². The monoisotopic (exact) mass is 437 g/mol. The van der Waals surface area contributed by atoms with Crippen LogP contribution in [0.1, 0.15) is 52.0 Å². The molecule has 3 heterocycles. The van der Waals surface area contributed by atoms with Gasteiger partial charge in [-0.2, -0.15) is 5.10 Å². The first-order valence-electron chi connectivity index (χ1n) is 10.9. The Morgan fingerprint density at radius 3 is 2.66 bits per heavy atom. The van der Waals surface area contributed by atoms with E-state index in [-0.39, 0.29) is 11.5 Å². The van der Waals surface area contributed by atoms with Gasteiger partial charge in [0.25, 0.3) is 12.3 Å². The summed E-state index contributed by atoms with van der Waals surface area (Å²) in [4.78, 5) is 19.1. The molecular weight excluding hydrogens is 412 g/mol. The van der Waals surface area contributed by atoms with Gasteiger partial charge in [0.2, 0.25) is 0 Å². The molecule has 0 bridgehead atoms. The minimum absolute atomic E-state index is 0.0113. The molecule has 0 radical (unpaired) electrons. The van der Waals surface area contributed by atoms with E-state index in [2.05, 4.69) is 10.4 Å².